The van der Waals surface area contributed by atoms with Gasteiger partial charge in [0.15, 0.2) is 0 Å². The molecular weight excluding hydrogens is 412 g/mol. The molecule has 6 heteroatoms. The molecule has 0 saturated carbocycles. The third-order valence-electron chi connectivity index (χ3n) is 4.85. The fourth-order valence-electron chi connectivity index (χ4n) is 3.00. The van der Waals surface area contributed by atoms with Crippen LogP contribution < -0.4 is 5.32 Å². The van der Waals surface area contributed by atoms with Crippen LogP contribution in [0.1, 0.15) is 43.9 Å². The average molecular weight is 439 g/mol. The van der Waals surface area contributed by atoms with Gasteiger partial charge in [-0.25, -0.2) is 0 Å². The molecule has 0 radical (unpaired) electrons. The SMILES string of the molecule is Cc1ccc(NC(=O)CCN2C(=O)/C(=C/c3ccc(C(C)(C)C)cc3)SC2=S)cc1. The predicted octanol–water partition coefficient (Wildman–Crippen LogP) is 5.52. The van der Waals surface area contributed by atoms with Crippen molar-refractivity contribution in [2.45, 2.75) is 39.5 Å². The van der Waals surface area contributed by atoms with E-state index >= 15 is 0 Å². The van der Waals surface area contributed by atoms with Crippen LogP contribution in [-0.4, -0.2) is 27.6 Å². The first-order chi connectivity index (χ1) is 14.1. The van der Waals surface area contributed by atoms with Crippen LogP contribution in [0.3, 0.4) is 0 Å². The van der Waals surface area contributed by atoms with E-state index in [0.717, 1.165) is 16.8 Å². The normalized spacial score (nSPS) is 15.7. The Balaban J connectivity index is 1.60. The molecule has 1 saturated heterocycles. The second-order valence-electron chi connectivity index (χ2n) is 8.37. The molecule has 4 nitrogen and oxygen atoms in total. The average Bonchev–Trinajstić information content (AvgIpc) is 2.94. The van der Waals surface area contributed by atoms with Crippen molar-refractivity contribution in [1.82, 2.24) is 4.90 Å². The van der Waals surface area contributed by atoms with E-state index in [4.69, 9.17) is 12.2 Å². The van der Waals surface area contributed by atoms with E-state index in [0.29, 0.717) is 9.23 Å². The van der Waals surface area contributed by atoms with E-state index in [1.165, 1.54) is 22.2 Å². The summed E-state index contributed by atoms with van der Waals surface area (Å²) in [4.78, 5) is 27.1. The Morgan fingerprint density at radius 2 is 1.73 bits per heavy atom. The van der Waals surface area contributed by atoms with Gasteiger partial charge in [-0.3, -0.25) is 14.5 Å². The number of benzene rings is 2. The number of rotatable bonds is 5. The highest BCUT2D eigenvalue weighted by molar-refractivity contribution is 8.26. The molecule has 0 atom stereocenters. The van der Waals surface area contributed by atoms with Gasteiger partial charge in [-0.15, -0.1) is 0 Å². The summed E-state index contributed by atoms with van der Waals surface area (Å²) < 4.78 is 0.487. The fraction of sp³-hybridized carbons (Fsp3) is 0.292. The van der Waals surface area contributed by atoms with Crippen LogP contribution in [0, 0.1) is 6.92 Å². The van der Waals surface area contributed by atoms with Crippen LogP contribution in [-0.2, 0) is 15.0 Å². The minimum absolute atomic E-state index is 0.0844. The highest BCUT2D eigenvalue weighted by Crippen LogP contribution is 2.33. The van der Waals surface area contributed by atoms with E-state index in [2.05, 4.69) is 38.2 Å². The Kier molecular flexibility index (Phi) is 6.78. The van der Waals surface area contributed by atoms with Crippen molar-refractivity contribution in [3.8, 4) is 0 Å². The maximum atomic E-state index is 12.8. The Morgan fingerprint density at radius 1 is 1.10 bits per heavy atom. The van der Waals surface area contributed by atoms with Crippen LogP contribution in [0.25, 0.3) is 6.08 Å². The predicted molar refractivity (Wildman–Crippen MR) is 129 cm³/mol. The Bertz CT molecular complexity index is 987. The zero-order valence-corrected chi connectivity index (χ0v) is 19.3. The summed E-state index contributed by atoms with van der Waals surface area (Å²) in [6.07, 6.45) is 2.05. The number of carbonyl (C=O) groups excluding carboxylic acids is 2. The maximum absolute atomic E-state index is 12.8. The topological polar surface area (TPSA) is 49.4 Å². The van der Waals surface area contributed by atoms with E-state index in [9.17, 15) is 9.59 Å². The lowest BCUT2D eigenvalue weighted by Gasteiger charge is -2.18. The van der Waals surface area contributed by atoms with Gasteiger partial charge >= 0.3 is 0 Å². The zero-order valence-electron chi connectivity index (χ0n) is 17.7. The van der Waals surface area contributed by atoms with Crippen molar-refractivity contribution < 1.29 is 9.59 Å². The Labute approximate surface area is 187 Å². The quantitative estimate of drug-likeness (QED) is 0.493. The molecule has 2 aromatic carbocycles. The largest absolute Gasteiger partial charge is 0.326 e. The molecule has 1 N–H and O–H groups in total. The number of amides is 2. The molecule has 0 bridgehead atoms. The van der Waals surface area contributed by atoms with Crippen molar-refractivity contribution in [3.63, 3.8) is 0 Å². The third kappa shape index (κ3) is 5.58. The van der Waals surface area contributed by atoms with Crippen LogP contribution in [0.2, 0.25) is 0 Å². The number of nitrogens with one attached hydrogen (secondary N) is 1. The number of thiocarbonyl (C=S) groups is 1. The minimum atomic E-state index is -0.145. The van der Waals surface area contributed by atoms with Gasteiger partial charge in [0.2, 0.25) is 5.91 Å². The fourth-order valence-corrected chi connectivity index (χ4v) is 4.31. The molecule has 3 rings (SSSR count). The summed E-state index contributed by atoms with van der Waals surface area (Å²) in [6, 6.07) is 15.8. The summed E-state index contributed by atoms with van der Waals surface area (Å²) in [5, 5.41) is 2.85. The van der Waals surface area contributed by atoms with E-state index in [1.54, 1.807) is 0 Å². The van der Waals surface area contributed by atoms with Crippen LogP contribution in [0.4, 0.5) is 5.69 Å². The summed E-state index contributed by atoms with van der Waals surface area (Å²) in [5.74, 6) is -0.289. The van der Waals surface area contributed by atoms with Gasteiger partial charge in [0, 0.05) is 18.7 Å². The highest BCUT2D eigenvalue weighted by atomic mass is 32.2. The standard InChI is InChI=1S/C24H26N2O2S2/c1-16-5-11-19(12-6-16)25-21(27)13-14-26-22(28)20(30-23(26)29)15-17-7-9-18(10-8-17)24(2,3)4/h5-12,15H,13-14H2,1-4H3,(H,25,27)/b20-15-. The number of hydrogen-bond acceptors (Lipinski definition) is 4. The van der Waals surface area contributed by atoms with Crippen molar-refractivity contribution in [1.29, 1.82) is 0 Å². The Hall–Kier alpha value is -2.44. The molecular formula is C24H26N2O2S2. The van der Waals surface area contributed by atoms with Gasteiger partial charge in [0.1, 0.15) is 4.32 Å². The number of carbonyl (C=O) groups is 2. The summed E-state index contributed by atoms with van der Waals surface area (Å²) >= 11 is 6.65. The molecule has 156 valence electrons. The summed E-state index contributed by atoms with van der Waals surface area (Å²) in [5.41, 5.74) is 4.16. The number of thioether (sulfide) groups is 1. The minimum Gasteiger partial charge on any atom is -0.326 e. The number of hydrogen-bond donors (Lipinski definition) is 1. The maximum Gasteiger partial charge on any atom is 0.266 e. The third-order valence-corrected chi connectivity index (χ3v) is 6.22. The highest BCUT2D eigenvalue weighted by Gasteiger charge is 2.32. The van der Waals surface area contributed by atoms with Gasteiger partial charge in [0.25, 0.3) is 5.91 Å². The van der Waals surface area contributed by atoms with Crippen LogP contribution in [0.15, 0.2) is 53.4 Å². The molecule has 2 amide bonds. The molecule has 0 spiro atoms. The van der Waals surface area contributed by atoms with Gasteiger partial charge in [-0.05, 0) is 41.7 Å². The molecule has 0 aliphatic carbocycles. The van der Waals surface area contributed by atoms with Crippen molar-refractivity contribution in [2.75, 3.05) is 11.9 Å². The zero-order chi connectivity index (χ0) is 21.9. The van der Waals surface area contributed by atoms with Crippen LogP contribution >= 0.6 is 24.0 Å². The smallest absolute Gasteiger partial charge is 0.266 e. The second-order valence-corrected chi connectivity index (χ2v) is 10.0. The van der Waals surface area contributed by atoms with E-state index in [1.807, 2.05) is 49.4 Å². The molecule has 2 aromatic rings. The molecule has 30 heavy (non-hydrogen) atoms. The summed E-state index contributed by atoms with van der Waals surface area (Å²) in [6.45, 7) is 8.77. The lowest BCUT2D eigenvalue weighted by molar-refractivity contribution is -0.122. The number of anilines is 1. The lowest BCUT2D eigenvalue weighted by atomic mass is 9.87. The number of aryl methyl sites for hydroxylation is 1. The lowest BCUT2D eigenvalue weighted by Crippen LogP contribution is -2.31. The first-order valence-corrected chi connectivity index (χ1v) is 11.1. The van der Waals surface area contributed by atoms with Crippen LogP contribution in [0.5, 0.6) is 0 Å². The van der Waals surface area contributed by atoms with Crippen molar-refractivity contribution >= 4 is 51.9 Å². The second kappa shape index (κ2) is 9.14. The van der Waals surface area contributed by atoms with Crippen molar-refractivity contribution in [2.24, 2.45) is 0 Å². The number of nitrogens with zero attached hydrogens (tertiary/aromatic N) is 1. The van der Waals surface area contributed by atoms with Gasteiger partial charge in [0.05, 0.1) is 4.91 Å². The molecule has 1 aliphatic rings. The Morgan fingerprint density at radius 3 is 2.33 bits per heavy atom. The first-order valence-electron chi connectivity index (χ1n) is 9.86. The van der Waals surface area contributed by atoms with Gasteiger partial charge < -0.3 is 5.32 Å². The monoisotopic (exact) mass is 438 g/mol. The molecule has 0 unspecified atom stereocenters. The molecule has 1 heterocycles. The van der Waals surface area contributed by atoms with E-state index in [-0.39, 0.29) is 30.2 Å². The summed E-state index contributed by atoms with van der Waals surface area (Å²) in [7, 11) is 0. The van der Waals surface area contributed by atoms with Crippen molar-refractivity contribution in [3.05, 3.63) is 70.1 Å². The molecule has 1 aliphatic heterocycles. The van der Waals surface area contributed by atoms with E-state index < -0.39 is 0 Å². The first kappa shape index (κ1) is 22.2. The molecule has 0 aromatic heterocycles. The van der Waals surface area contributed by atoms with Gasteiger partial charge in [-0.2, -0.15) is 0 Å². The molecule has 1 fully saturated rings. The van der Waals surface area contributed by atoms with Gasteiger partial charge in [-0.1, -0.05) is 86.7 Å².